The summed E-state index contributed by atoms with van der Waals surface area (Å²) in [4.78, 5) is 38.3. The fourth-order valence-corrected chi connectivity index (χ4v) is 10.5. The fourth-order valence-electron chi connectivity index (χ4n) is 10.5. The topological polar surface area (TPSA) is 78.9 Å². The second kappa shape index (κ2) is 65.4. The molecule has 0 saturated carbocycles. The molecule has 0 rings (SSSR count). The predicted molar refractivity (Wildman–Crippen MR) is 330 cm³/mol. The molecule has 0 radical (unpaired) electrons. The van der Waals surface area contributed by atoms with Crippen LogP contribution >= 0.6 is 0 Å². The van der Waals surface area contributed by atoms with E-state index in [0.29, 0.717) is 19.3 Å². The third-order valence-corrected chi connectivity index (χ3v) is 15.7. The normalized spacial score (nSPS) is 12.1. The van der Waals surface area contributed by atoms with Crippen LogP contribution in [0, 0.1) is 0 Å². The molecule has 0 aromatic heterocycles. The van der Waals surface area contributed by atoms with Crippen LogP contribution in [0.25, 0.3) is 0 Å². The molecule has 6 heteroatoms. The van der Waals surface area contributed by atoms with Crippen molar-refractivity contribution in [2.24, 2.45) is 0 Å². The quantitative estimate of drug-likeness (QED) is 0.0261. The Hall–Kier alpha value is -2.11. The van der Waals surface area contributed by atoms with E-state index >= 15 is 0 Å². The molecule has 0 spiro atoms. The molecule has 0 N–H and O–H groups in total. The number of rotatable bonds is 64. The van der Waals surface area contributed by atoms with E-state index in [4.69, 9.17) is 14.2 Å². The molecule has 0 fully saturated rings. The average Bonchev–Trinajstić information content (AvgIpc) is 3.42. The van der Waals surface area contributed by atoms with Gasteiger partial charge in [0, 0.05) is 19.3 Å². The molecule has 6 nitrogen and oxygen atoms in total. The van der Waals surface area contributed by atoms with Crippen molar-refractivity contribution in [3.63, 3.8) is 0 Å². The molecule has 0 bridgehead atoms. The number of unbranched alkanes of at least 4 members (excludes halogenated alkanes) is 49. The van der Waals surface area contributed by atoms with Gasteiger partial charge in [0.1, 0.15) is 13.2 Å². The van der Waals surface area contributed by atoms with Gasteiger partial charge in [0.25, 0.3) is 0 Å². The highest BCUT2D eigenvalue weighted by atomic mass is 16.6. The number of esters is 3. The Morgan fingerprint density at radius 3 is 0.724 bits per heavy atom. The Morgan fingerprint density at radius 1 is 0.263 bits per heavy atom. The average molecular weight is 1070 g/mol. The summed E-state index contributed by atoms with van der Waals surface area (Å²) in [7, 11) is 0. The molecule has 76 heavy (non-hydrogen) atoms. The van der Waals surface area contributed by atoms with E-state index in [0.717, 1.165) is 64.2 Å². The Balaban J connectivity index is 4.18. The van der Waals surface area contributed by atoms with Crippen LogP contribution in [0.2, 0.25) is 0 Å². The molecule has 1 unspecified atom stereocenters. The maximum Gasteiger partial charge on any atom is 0.306 e. The lowest BCUT2D eigenvalue weighted by Crippen LogP contribution is -2.30. The number of carbonyl (C=O) groups excluding carboxylic acids is 3. The number of hydrogen-bond donors (Lipinski definition) is 0. The number of ether oxygens (including phenoxy) is 3. The summed E-state index contributed by atoms with van der Waals surface area (Å²) in [5, 5.41) is 0. The van der Waals surface area contributed by atoms with E-state index in [1.807, 2.05) is 0 Å². The summed E-state index contributed by atoms with van der Waals surface area (Å²) in [5.74, 6) is -0.833. The minimum absolute atomic E-state index is 0.0639. The highest BCUT2D eigenvalue weighted by Crippen LogP contribution is 2.18. The number of allylic oxidation sites excluding steroid dienone is 4. The first kappa shape index (κ1) is 73.9. The lowest BCUT2D eigenvalue weighted by atomic mass is 10.0. The van der Waals surface area contributed by atoms with E-state index in [1.165, 1.54) is 283 Å². The van der Waals surface area contributed by atoms with Crippen molar-refractivity contribution >= 4 is 17.9 Å². The highest BCUT2D eigenvalue weighted by molar-refractivity contribution is 5.71. The minimum Gasteiger partial charge on any atom is -0.462 e. The van der Waals surface area contributed by atoms with Crippen molar-refractivity contribution in [1.82, 2.24) is 0 Å². The van der Waals surface area contributed by atoms with Gasteiger partial charge in [-0.1, -0.05) is 340 Å². The highest BCUT2D eigenvalue weighted by Gasteiger charge is 2.19. The zero-order valence-electron chi connectivity index (χ0n) is 51.6. The summed E-state index contributed by atoms with van der Waals surface area (Å²) in [6, 6.07) is 0. The van der Waals surface area contributed by atoms with Gasteiger partial charge in [0.2, 0.25) is 0 Å². The smallest absolute Gasteiger partial charge is 0.306 e. The molecule has 0 saturated heterocycles. The largest absolute Gasteiger partial charge is 0.462 e. The number of hydrogen-bond acceptors (Lipinski definition) is 6. The molecule has 0 amide bonds. The molecule has 0 aliphatic rings. The van der Waals surface area contributed by atoms with Crippen LogP contribution in [0.5, 0.6) is 0 Å². The van der Waals surface area contributed by atoms with Gasteiger partial charge >= 0.3 is 17.9 Å². The summed E-state index contributed by atoms with van der Waals surface area (Å²) in [5.41, 5.74) is 0. The van der Waals surface area contributed by atoms with Gasteiger partial charge in [-0.15, -0.1) is 0 Å². The first-order valence-electron chi connectivity index (χ1n) is 34.3. The predicted octanol–water partition coefficient (Wildman–Crippen LogP) is 23.4. The first-order chi connectivity index (χ1) is 37.5. The molecule has 1 atom stereocenters. The SMILES string of the molecule is CCCCCCC/C=C\C/C=C\CCCCCCCCCCCCCCCCCC(=O)OCC(COC(=O)CCCCCCCCCCCCCC)OC(=O)CCCCCCCCCCCCCCCCCCCCC. The van der Waals surface area contributed by atoms with Crippen LogP contribution in [0.3, 0.4) is 0 Å². The van der Waals surface area contributed by atoms with Crippen LogP contribution < -0.4 is 0 Å². The van der Waals surface area contributed by atoms with Gasteiger partial charge in [-0.25, -0.2) is 0 Å². The van der Waals surface area contributed by atoms with Crippen LogP contribution in [-0.2, 0) is 28.6 Å². The molecular weight excluding hydrogens is 937 g/mol. The fraction of sp³-hybridized carbons (Fsp3) is 0.900. The van der Waals surface area contributed by atoms with E-state index in [-0.39, 0.29) is 31.1 Å². The van der Waals surface area contributed by atoms with Gasteiger partial charge in [-0.2, -0.15) is 0 Å². The molecule has 0 aromatic rings. The zero-order chi connectivity index (χ0) is 55.0. The van der Waals surface area contributed by atoms with Crippen LogP contribution in [0.4, 0.5) is 0 Å². The Bertz CT molecular complexity index is 1230. The molecule has 0 aliphatic carbocycles. The summed E-state index contributed by atoms with van der Waals surface area (Å²) >= 11 is 0. The monoisotopic (exact) mass is 1070 g/mol. The van der Waals surface area contributed by atoms with Crippen molar-refractivity contribution in [3.05, 3.63) is 24.3 Å². The van der Waals surface area contributed by atoms with Crippen molar-refractivity contribution in [3.8, 4) is 0 Å². The van der Waals surface area contributed by atoms with Crippen molar-refractivity contribution < 1.29 is 28.6 Å². The van der Waals surface area contributed by atoms with E-state index < -0.39 is 6.10 Å². The van der Waals surface area contributed by atoms with Crippen LogP contribution in [0.1, 0.15) is 387 Å². The van der Waals surface area contributed by atoms with E-state index in [2.05, 4.69) is 45.1 Å². The lowest BCUT2D eigenvalue weighted by molar-refractivity contribution is -0.167. The summed E-state index contributed by atoms with van der Waals surface area (Å²) in [6.07, 6.45) is 79.2. The number of carbonyl (C=O) groups is 3. The van der Waals surface area contributed by atoms with Gasteiger partial charge < -0.3 is 14.2 Å². The van der Waals surface area contributed by atoms with E-state index in [9.17, 15) is 14.4 Å². The Kier molecular flexibility index (Phi) is 63.6. The maximum absolute atomic E-state index is 12.9. The van der Waals surface area contributed by atoms with Crippen molar-refractivity contribution in [1.29, 1.82) is 0 Å². The molecule has 0 aliphatic heterocycles. The second-order valence-corrected chi connectivity index (χ2v) is 23.5. The summed E-state index contributed by atoms with van der Waals surface area (Å²) in [6.45, 7) is 6.70. The lowest BCUT2D eigenvalue weighted by Gasteiger charge is -2.18. The van der Waals surface area contributed by atoms with Gasteiger partial charge in [-0.05, 0) is 51.4 Å². The summed E-state index contributed by atoms with van der Waals surface area (Å²) < 4.78 is 17.0. The third kappa shape index (κ3) is 62.7. The Morgan fingerprint density at radius 2 is 0.474 bits per heavy atom. The molecule has 448 valence electrons. The van der Waals surface area contributed by atoms with Crippen molar-refractivity contribution in [2.45, 2.75) is 393 Å². The second-order valence-electron chi connectivity index (χ2n) is 23.5. The third-order valence-electron chi connectivity index (χ3n) is 15.7. The van der Waals surface area contributed by atoms with Gasteiger partial charge in [-0.3, -0.25) is 14.4 Å². The van der Waals surface area contributed by atoms with Gasteiger partial charge in [0.15, 0.2) is 6.10 Å². The van der Waals surface area contributed by atoms with Crippen LogP contribution in [0.15, 0.2) is 24.3 Å². The van der Waals surface area contributed by atoms with Crippen LogP contribution in [-0.4, -0.2) is 37.2 Å². The molecular formula is C70H132O6. The molecule has 0 heterocycles. The zero-order valence-corrected chi connectivity index (χ0v) is 51.6. The molecule has 0 aromatic carbocycles. The van der Waals surface area contributed by atoms with E-state index in [1.54, 1.807) is 0 Å². The van der Waals surface area contributed by atoms with Crippen molar-refractivity contribution in [2.75, 3.05) is 13.2 Å². The minimum atomic E-state index is -0.766. The standard InChI is InChI=1S/C70H132O6/c1-4-7-10-13-16-19-22-25-27-29-31-32-33-34-35-36-37-38-40-41-43-45-48-51-54-57-60-63-69(72)75-66-67(65-74-68(71)62-59-56-53-50-47-24-21-18-15-12-9-6-3)76-70(73)64-61-58-55-52-49-46-44-42-39-30-28-26-23-20-17-14-11-8-5-2/h22,25,29,31,67H,4-21,23-24,26-28,30,32-66H2,1-3H3/b25-22-,31-29-. The first-order valence-corrected chi connectivity index (χ1v) is 34.3. The maximum atomic E-state index is 12.9. The van der Waals surface area contributed by atoms with Gasteiger partial charge in [0.05, 0.1) is 0 Å². The Labute approximate surface area is 474 Å².